The van der Waals surface area contributed by atoms with Gasteiger partial charge in [-0.3, -0.25) is 9.69 Å². The van der Waals surface area contributed by atoms with Gasteiger partial charge in [0.25, 0.3) is 0 Å². The third-order valence-electron chi connectivity index (χ3n) is 5.08. The Labute approximate surface area is 129 Å². The van der Waals surface area contributed by atoms with E-state index in [1.807, 2.05) is 0 Å². The Balaban J connectivity index is 1.81. The number of piperidine rings is 1. The molecule has 2 aliphatic rings. The van der Waals surface area contributed by atoms with Crippen molar-refractivity contribution in [3.63, 3.8) is 0 Å². The molecule has 21 heavy (non-hydrogen) atoms. The van der Waals surface area contributed by atoms with Gasteiger partial charge in [0.05, 0.1) is 0 Å². The molecule has 1 aliphatic heterocycles. The van der Waals surface area contributed by atoms with Crippen LogP contribution in [0.1, 0.15) is 58.8 Å². The van der Waals surface area contributed by atoms with Gasteiger partial charge in [-0.25, -0.2) is 0 Å². The number of nitrogens with one attached hydrogen (secondary N) is 1. The first kappa shape index (κ1) is 16.8. The number of carbonyl (C=O) groups is 1. The lowest BCUT2D eigenvalue weighted by Gasteiger charge is -2.45. The quantitative estimate of drug-likeness (QED) is 0.723. The second-order valence-electron chi connectivity index (χ2n) is 7.41. The van der Waals surface area contributed by atoms with Crippen molar-refractivity contribution in [2.24, 2.45) is 11.8 Å². The van der Waals surface area contributed by atoms with Gasteiger partial charge in [0.15, 0.2) is 0 Å². The molecule has 122 valence electrons. The lowest BCUT2D eigenvalue weighted by atomic mass is 9.85. The normalized spacial score (nSPS) is 27.8. The number of nitrogens with zero attached hydrogens (tertiary/aromatic N) is 1. The highest BCUT2D eigenvalue weighted by Gasteiger charge is 2.33. The van der Waals surface area contributed by atoms with Crippen molar-refractivity contribution in [2.45, 2.75) is 70.9 Å². The molecule has 1 saturated carbocycles. The molecule has 4 nitrogen and oxygen atoms in total. The zero-order valence-electron chi connectivity index (χ0n) is 13.7. The summed E-state index contributed by atoms with van der Waals surface area (Å²) in [4.78, 5) is 13.5. The average Bonchev–Trinajstić information content (AvgIpc) is 2.33. The maximum atomic E-state index is 10.8. The molecule has 0 radical (unpaired) electrons. The number of hydrogen-bond donors (Lipinski definition) is 2. The molecule has 1 heterocycles. The third kappa shape index (κ3) is 5.59. The molecule has 0 spiro atoms. The van der Waals surface area contributed by atoms with Gasteiger partial charge in [-0.1, -0.05) is 20.3 Å². The Hall–Kier alpha value is -0.610. The van der Waals surface area contributed by atoms with E-state index in [1.165, 1.54) is 25.7 Å². The first-order chi connectivity index (χ1) is 10.0. The Kier molecular flexibility index (Phi) is 6.49. The van der Waals surface area contributed by atoms with Crippen molar-refractivity contribution >= 4 is 5.97 Å². The number of carboxylic acids is 1. The van der Waals surface area contributed by atoms with Crippen LogP contribution < -0.4 is 5.32 Å². The molecule has 4 heteroatoms. The van der Waals surface area contributed by atoms with E-state index in [4.69, 9.17) is 5.11 Å². The van der Waals surface area contributed by atoms with Crippen LogP contribution in [0.3, 0.4) is 0 Å². The molecule has 0 amide bonds. The van der Waals surface area contributed by atoms with Crippen LogP contribution in [0.25, 0.3) is 0 Å². The van der Waals surface area contributed by atoms with Crippen LogP contribution in [0, 0.1) is 11.8 Å². The summed E-state index contributed by atoms with van der Waals surface area (Å²) < 4.78 is 0. The highest BCUT2D eigenvalue weighted by atomic mass is 16.4. The minimum atomic E-state index is -0.653. The number of carboxylic acid groups (broad SMARTS) is 1. The molecule has 0 aromatic heterocycles. The van der Waals surface area contributed by atoms with Gasteiger partial charge in [0.2, 0.25) is 0 Å². The Morgan fingerprint density at radius 1 is 1.33 bits per heavy atom. The van der Waals surface area contributed by atoms with Crippen LogP contribution in [0.4, 0.5) is 0 Å². The summed E-state index contributed by atoms with van der Waals surface area (Å²) in [5.74, 6) is 0.638. The minimum absolute atomic E-state index is 0.321. The largest absolute Gasteiger partial charge is 0.481 e. The van der Waals surface area contributed by atoms with Gasteiger partial charge in [-0.05, 0) is 50.5 Å². The second-order valence-corrected chi connectivity index (χ2v) is 7.41. The van der Waals surface area contributed by atoms with E-state index >= 15 is 0 Å². The van der Waals surface area contributed by atoms with Gasteiger partial charge < -0.3 is 10.4 Å². The standard InChI is InChI=1S/C17H32N2O2/c1-13(2)8-9-18-15-10-14(6-7-17(20)21)11-19(12-15)16-4-3-5-16/h13-16,18H,3-12H2,1-2H3,(H,20,21). The topological polar surface area (TPSA) is 52.6 Å². The van der Waals surface area contributed by atoms with E-state index in [2.05, 4.69) is 24.1 Å². The Morgan fingerprint density at radius 3 is 2.67 bits per heavy atom. The van der Waals surface area contributed by atoms with Crippen LogP contribution in [0.2, 0.25) is 0 Å². The molecule has 0 bridgehead atoms. The summed E-state index contributed by atoms with van der Waals surface area (Å²) in [6, 6.07) is 1.32. The van der Waals surface area contributed by atoms with Gasteiger partial charge >= 0.3 is 5.97 Å². The maximum absolute atomic E-state index is 10.8. The maximum Gasteiger partial charge on any atom is 0.303 e. The van der Waals surface area contributed by atoms with Gasteiger partial charge in [-0.2, -0.15) is 0 Å². The fraction of sp³-hybridized carbons (Fsp3) is 0.941. The highest BCUT2D eigenvalue weighted by molar-refractivity contribution is 5.66. The van der Waals surface area contributed by atoms with E-state index in [0.717, 1.165) is 44.4 Å². The molecule has 2 fully saturated rings. The average molecular weight is 296 g/mol. The van der Waals surface area contributed by atoms with Crippen LogP contribution in [0.15, 0.2) is 0 Å². The number of likely N-dealkylation sites (tertiary alicyclic amines) is 1. The molecule has 0 aromatic carbocycles. The fourth-order valence-corrected chi connectivity index (χ4v) is 3.55. The third-order valence-corrected chi connectivity index (χ3v) is 5.08. The fourth-order valence-electron chi connectivity index (χ4n) is 3.55. The zero-order chi connectivity index (χ0) is 15.2. The summed E-state index contributed by atoms with van der Waals surface area (Å²) in [7, 11) is 0. The molecular weight excluding hydrogens is 264 g/mol. The van der Waals surface area contributed by atoms with E-state index in [0.29, 0.717) is 18.4 Å². The highest BCUT2D eigenvalue weighted by Crippen LogP contribution is 2.30. The van der Waals surface area contributed by atoms with E-state index in [-0.39, 0.29) is 0 Å². The van der Waals surface area contributed by atoms with Crippen LogP contribution >= 0.6 is 0 Å². The zero-order valence-corrected chi connectivity index (χ0v) is 13.7. The second kappa shape index (κ2) is 8.14. The smallest absolute Gasteiger partial charge is 0.303 e. The SMILES string of the molecule is CC(C)CCNC1CC(CCC(=O)O)CN(C2CCC2)C1. The van der Waals surface area contributed by atoms with E-state index in [9.17, 15) is 4.79 Å². The molecular formula is C17H32N2O2. The summed E-state index contributed by atoms with van der Waals surface area (Å²) in [5.41, 5.74) is 0. The van der Waals surface area contributed by atoms with Crippen LogP contribution in [0.5, 0.6) is 0 Å². The van der Waals surface area contributed by atoms with Crippen LogP contribution in [-0.2, 0) is 4.79 Å². The summed E-state index contributed by atoms with van der Waals surface area (Å²) >= 11 is 0. The molecule has 1 saturated heterocycles. The molecule has 2 atom stereocenters. The van der Waals surface area contributed by atoms with E-state index in [1.54, 1.807) is 0 Å². The predicted octanol–water partition coefficient (Wildman–Crippen LogP) is 2.73. The molecule has 2 rings (SSSR count). The Bertz CT molecular complexity index is 329. The lowest BCUT2D eigenvalue weighted by Crippen LogP contribution is -2.54. The van der Waals surface area contributed by atoms with Crippen molar-refractivity contribution in [1.29, 1.82) is 0 Å². The first-order valence-electron chi connectivity index (χ1n) is 8.73. The summed E-state index contributed by atoms with van der Waals surface area (Å²) in [5, 5.41) is 12.6. The number of aliphatic carboxylic acids is 1. The Morgan fingerprint density at radius 2 is 2.10 bits per heavy atom. The van der Waals surface area contributed by atoms with Crippen molar-refractivity contribution in [3.8, 4) is 0 Å². The van der Waals surface area contributed by atoms with Crippen LogP contribution in [-0.4, -0.2) is 47.7 Å². The lowest BCUT2D eigenvalue weighted by molar-refractivity contribution is -0.137. The van der Waals surface area contributed by atoms with Crippen molar-refractivity contribution in [2.75, 3.05) is 19.6 Å². The number of rotatable bonds is 8. The summed E-state index contributed by atoms with van der Waals surface area (Å²) in [6.45, 7) is 7.89. The first-order valence-corrected chi connectivity index (χ1v) is 8.73. The van der Waals surface area contributed by atoms with Crippen molar-refractivity contribution < 1.29 is 9.90 Å². The molecule has 1 aliphatic carbocycles. The number of hydrogen-bond acceptors (Lipinski definition) is 3. The van der Waals surface area contributed by atoms with Crippen molar-refractivity contribution in [1.82, 2.24) is 10.2 Å². The van der Waals surface area contributed by atoms with Gasteiger partial charge in [0, 0.05) is 31.6 Å². The molecule has 2 N–H and O–H groups in total. The van der Waals surface area contributed by atoms with Gasteiger partial charge in [0.1, 0.15) is 0 Å². The molecule has 2 unspecified atom stereocenters. The van der Waals surface area contributed by atoms with Gasteiger partial charge in [-0.15, -0.1) is 0 Å². The minimum Gasteiger partial charge on any atom is -0.481 e. The molecule has 0 aromatic rings. The van der Waals surface area contributed by atoms with E-state index < -0.39 is 5.97 Å². The summed E-state index contributed by atoms with van der Waals surface area (Å²) in [6.07, 6.45) is 7.57. The monoisotopic (exact) mass is 296 g/mol. The predicted molar refractivity (Wildman–Crippen MR) is 85.4 cm³/mol. The van der Waals surface area contributed by atoms with Crippen molar-refractivity contribution in [3.05, 3.63) is 0 Å².